The van der Waals surface area contributed by atoms with E-state index in [0.717, 1.165) is 38.9 Å². The SMILES string of the molecule is NCCCOCCCCOOCCCN. The van der Waals surface area contributed by atoms with Crippen LogP contribution >= 0.6 is 0 Å². The van der Waals surface area contributed by atoms with E-state index in [9.17, 15) is 0 Å². The van der Waals surface area contributed by atoms with Crippen molar-refractivity contribution in [2.75, 3.05) is 39.5 Å². The Bertz CT molecular complexity index is 103. The van der Waals surface area contributed by atoms with E-state index in [1.165, 1.54) is 0 Å². The molecule has 0 saturated carbocycles. The van der Waals surface area contributed by atoms with Gasteiger partial charge in [0, 0.05) is 13.2 Å². The zero-order valence-electron chi connectivity index (χ0n) is 9.45. The second-order valence-corrected chi connectivity index (χ2v) is 3.25. The molecule has 0 aromatic rings. The van der Waals surface area contributed by atoms with Gasteiger partial charge in [-0.2, -0.15) is 0 Å². The van der Waals surface area contributed by atoms with Crippen molar-refractivity contribution in [3.05, 3.63) is 0 Å². The lowest BCUT2D eigenvalue weighted by atomic mass is 10.3. The van der Waals surface area contributed by atoms with Crippen LogP contribution in [-0.4, -0.2) is 39.5 Å². The van der Waals surface area contributed by atoms with E-state index in [0.29, 0.717) is 26.3 Å². The van der Waals surface area contributed by atoms with Gasteiger partial charge in [-0.3, -0.25) is 0 Å². The van der Waals surface area contributed by atoms with Crippen molar-refractivity contribution in [3.8, 4) is 0 Å². The summed E-state index contributed by atoms with van der Waals surface area (Å²) in [6.07, 6.45) is 3.71. The number of unbranched alkanes of at least 4 members (excludes halogenated alkanes) is 1. The summed E-state index contributed by atoms with van der Waals surface area (Å²) >= 11 is 0. The molecule has 0 amide bonds. The highest BCUT2D eigenvalue weighted by Gasteiger charge is 1.92. The number of hydrogen-bond acceptors (Lipinski definition) is 5. The molecule has 0 atom stereocenters. The van der Waals surface area contributed by atoms with Gasteiger partial charge in [-0.05, 0) is 38.8 Å². The Kier molecular flexibility index (Phi) is 13.6. The number of hydrogen-bond donors (Lipinski definition) is 2. The average molecular weight is 220 g/mol. The maximum atomic E-state index is 5.33. The van der Waals surface area contributed by atoms with E-state index >= 15 is 0 Å². The van der Waals surface area contributed by atoms with Crippen molar-refractivity contribution in [1.29, 1.82) is 0 Å². The number of nitrogens with two attached hydrogens (primary N) is 2. The second kappa shape index (κ2) is 13.8. The largest absolute Gasteiger partial charge is 0.381 e. The summed E-state index contributed by atoms with van der Waals surface area (Å²) in [5.74, 6) is 0. The first-order valence-corrected chi connectivity index (χ1v) is 5.64. The van der Waals surface area contributed by atoms with Crippen molar-refractivity contribution >= 4 is 0 Å². The Hall–Kier alpha value is -0.200. The summed E-state index contributed by atoms with van der Waals surface area (Å²) in [7, 11) is 0. The molecule has 5 heteroatoms. The molecule has 4 N–H and O–H groups in total. The van der Waals surface area contributed by atoms with Gasteiger partial charge in [0.15, 0.2) is 0 Å². The minimum absolute atomic E-state index is 0.573. The maximum Gasteiger partial charge on any atom is 0.0834 e. The lowest BCUT2D eigenvalue weighted by Gasteiger charge is -2.04. The van der Waals surface area contributed by atoms with Gasteiger partial charge in [0.05, 0.1) is 13.2 Å². The fourth-order valence-electron chi connectivity index (χ4n) is 0.913. The van der Waals surface area contributed by atoms with E-state index in [4.69, 9.17) is 26.0 Å². The molecule has 92 valence electrons. The van der Waals surface area contributed by atoms with Gasteiger partial charge in [-0.15, -0.1) is 0 Å². The predicted octanol–water partition coefficient (Wildman–Crippen LogP) is 0.429. The maximum absolute atomic E-state index is 5.33. The summed E-state index contributed by atoms with van der Waals surface area (Å²) in [6, 6.07) is 0. The van der Waals surface area contributed by atoms with Crippen LogP contribution in [0.4, 0.5) is 0 Å². The summed E-state index contributed by atoms with van der Waals surface area (Å²) in [6.45, 7) is 4.04. The summed E-state index contributed by atoms with van der Waals surface area (Å²) < 4.78 is 5.33. The Labute approximate surface area is 92.0 Å². The first kappa shape index (κ1) is 14.8. The Morgan fingerprint density at radius 3 is 1.73 bits per heavy atom. The second-order valence-electron chi connectivity index (χ2n) is 3.25. The van der Waals surface area contributed by atoms with Crippen molar-refractivity contribution < 1.29 is 14.5 Å². The average Bonchev–Trinajstić information content (AvgIpc) is 2.26. The van der Waals surface area contributed by atoms with Gasteiger partial charge in [0.1, 0.15) is 0 Å². The van der Waals surface area contributed by atoms with E-state index < -0.39 is 0 Å². The molecule has 0 spiro atoms. The Morgan fingerprint density at radius 1 is 0.600 bits per heavy atom. The molecule has 0 bridgehead atoms. The van der Waals surface area contributed by atoms with Gasteiger partial charge < -0.3 is 16.2 Å². The molecule has 0 unspecified atom stereocenters. The van der Waals surface area contributed by atoms with E-state index in [-0.39, 0.29) is 0 Å². The molecule has 0 aliphatic heterocycles. The van der Waals surface area contributed by atoms with Gasteiger partial charge >= 0.3 is 0 Å². The van der Waals surface area contributed by atoms with Crippen LogP contribution in [0.2, 0.25) is 0 Å². The molecule has 0 aromatic heterocycles. The van der Waals surface area contributed by atoms with Crippen LogP contribution in [0.5, 0.6) is 0 Å². The van der Waals surface area contributed by atoms with E-state index in [1.54, 1.807) is 0 Å². The van der Waals surface area contributed by atoms with Gasteiger partial charge in [-0.25, -0.2) is 9.78 Å². The summed E-state index contributed by atoms with van der Waals surface area (Å²) in [5, 5.41) is 0. The molecule has 15 heavy (non-hydrogen) atoms. The molecule has 0 saturated heterocycles. The van der Waals surface area contributed by atoms with Gasteiger partial charge in [0.25, 0.3) is 0 Å². The molecular formula is C10H24N2O3. The van der Waals surface area contributed by atoms with Crippen molar-refractivity contribution in [1.82, 2.24) is 0 Å². The van der Waals surface area contributed by atoms with Crippen LogP contribution in [0.1, 0.15) is 25.7 Å². The molecular weight excluding hydrogens is 196 g/mol. The number of rotatable bonds is 12. The first-order valence-electron chi connectivity index (χ1n) is 5.64. The van der Waals surface area contributed by atoms with E-state index in [2.05, 4.69) is 0 Å². The quantitative estimate of drug-likeness (QED) is 0.283. The highest BCUT2D eigenvalue weighted by atomic mass is 17.2. The summed E-state index contributed by atoms with van der Waals surface area (Å²) in [4.78, 5) is 9.81. The fraction of sp³-hybridized carbons (Fsp3) is 1.00. The molecule has 0 fully saturated rings. The van der Waals surface area contributed by atoms with E-state index in [1.807, 2.05) is 0 Å². The zero-order valence-corrected chi connectivity index (χ0v) is 9.45. The van der Waals surface area contributed by atoms with Crippen LogP contribution in [0, 0.1) is 0 Å². The minimum Gasteiger partial charge on any atom is -0.381 e. The van der Waals surface area contributed by atoms with Crippen molar-refractivity contribution in [3.63, 3.8) is 0 Å². The lowest BCUT2D eigenvalue weighted by Crippen LogP contribution is -2.07. The first-order chi connectivity index (χ1) is 7.41. The monoisotopic (exact) mass is 220 g/mol. The topological polar surface area (TPSA) is 79.7 Å². The van der Waals surface area contributed by atoms with Crippen molar-refractivity contribution in [2.24, 2.45) is 11.5 Å². The third-order valence-electron chi connectivity index (χ3n) is 1.77. The van der Waals surface area contributed by atoms with Gasteiger partial charge in [0.2, 0.25) is 0 Å². The molecule has 0 rings (SSSR count). The van der Waals surface area contributed by atoms with Crippen LogP contribution in [0.15, 0.2) is 0 Å². The third kappa shape index (κ3) is 13.8. The summed E-state index contributed by atoms with van der Waals surface area (Å²) in [5.41, 5.74) is 10.6. The predicted molar refractivity (Wildman–Crippen MR) is 59.3 cm³/mol. The van der Waals surface area contributed by atoms with Gasteiger partial charge in [-0.1, -0.05) is 0 Å². The van der Waals surface area contributed by atoms with Crippen LogP contribution in [0.3, 0.4) is 0 Å². The fourth-order valence-corrected chi connectivity index (χ4v) is 0.913. The standard InChI is InChI=1S/C10H24N2O3/c11-5-3-8-13-7-1-2-9-14-15-10-4-6-12/h1-12H2. The molecule has 0 aliphatic carbocycles. The van der Waals surface area contributed by atoms with Crippen LogP contribution < -0.4 is 11.5 Å². The Balaban J connectivity index is 2.81. The number of ether oxygens (including phenoxy) is 1. The van der Waals surface area contributed by atoms with Crippen molar-refractivity contribution in [2.45, 2.75) is 25.7 Å². The molecule has 0 heterocycles. The third-order valence-corrected chi connectivity index (χ3v) is 1.77. The highest BCUT2D eigenvalue weighted by Crippen LogP contribution is 1.93. The van der Waals surface area contributed by atoms with Crippen LogP contribution in [-0.2, 0) is 14.5 Å². The zero-order chi connectivity index (χ0) is 11.2. The molecule has 0 aromatic carbocycles. The lowest BCUT2D eigenvalue weighted by molar-refractivity contribution is -0.295. The molecule has 0 radical (unpaired) electrons. The smallest absolute Gasteiger partial charge is 0.0834 e. The molecule has 0 aliphatic rings. The highest BCUT2D eigenvalue weighted by molar-refractivity contribution is 4.39. The molecule has 5 nitrogen and oxygen atoms in total. The normalized spacial score (nSPS) is 10.8. The minimum atomic E-state index is 0.573. The Morgan fingerprint density at radius 2 is 1.07 bits per heavy atom. The van der Waals surface area contributed by atoms with Crippen LogP contribution in [0.25, 0.3) is 0 Å².